The highest BCUT2D eigenvalue weighted by molar-refractivity contribution is 5.87. The number of rotatable bonds is 1. The van der Waals surface area contributed by atoms with E-state index in [-0.39, 0.29) is 29.4 Å². The Kier molecular flexibility index (Phi) is 2.69. The number of esters is 2. The van der Waals surface area contributed by atoms with E-state index in [0.717, 1.165) is 30.4 Å². The lowest BCUT2D eigenvalue weighted by Crippen LogP contribution is -2.51. The van der Waals surface area contributed by atoms with Crippen LogP contribution in [0.4, 0.5) is 0 Å². The molecule has 5 unspecified atom stereocenters. The molecule has 118 valence electrons. The van der Waals surface area contributed by atoms with Gasteiger partial charge in [-0.15, -0.1) is 0 Å². The maximum Gasteiger partial charge on any atom is 0.333 e. The van der Waals surface area contributed by atoms with Gasteiger partial charge >= 0.3 is 11.9 Å². The highest BCUT2D eigenvalue weighted by atomic mass is 16.7. The third kappa shape index (κ3) is 1.52. The van der Waals surface area contributed by atoms with E-state index in [1.807, 2.05) is 13.0 Å². The second-order valence-electron chi connectivity index (χ2n) is 7.22. The Morgan fingerprint density at radius 2 is 1.91 bits per heavy atom. The van der Waals surface area contributed by atoms with E-state index in [0.29, 0.717) is 0 Å². The fourth-order valence-corrected chi connectivity index (χ4v) is 5.10. The first-order valence-corrected chi connectivity index (χ1v) is 7.79. The molecule has 0 bridgehead atoms. The maximum atomic E-state index is 12.4. The lowest BCUT2D eigenvalue weighted by atomic mass is 9.50. The summed E-state index contributed by atoms with van der Waals surface area (Å²) in [6, 6.07) is 0. The van der Waals surface area contributed by atoms with Crippen molar-refractivity contribution in [1.29, 1.82) is 0 Å². The van der Waals surface area contributed by atoms with Crippen molar-refractivity contribution in [2.75, 3.05) is 7.11 Å². The molecule has 5 heteroatoms. The Morgan fingerprint density at radius 1 is 1.18 bits per heavy atom. The summed E-state index contributed by atoms with van der Waals surface area (Å²) in [7, 11) is 1.52. The molecule has 1 saturated heterocycles. The number of cyclic esters (lactones) is 1. The fourth-order valence-electron chi connectivity index (χ4n) is 5.10. The molecule has 22 heavy (non-hydrogen) atoms. The topological polar surface area (TPSA) is 61.8 Å². The van der Waals surface area contributed by atoms with Crippen molar-refractivity contribution in [3.05, 3.63) is 23.3 Å². The highest BCUT2D eigenvalue weighted by Gasteiger charge is 2.65. The number of hydrogen-bond donors (Lipinski definition) is 0. The van der Waals surface area contributed by atoms with E-state index >= 15 is 0 Å². The molecule has 0 radical (unpaired) electrons. The van der Waals surface area contributed by atoms with E-state index < -0.39 is 11.7 Å². The summed E-state index contributed by atoms with van der Waals surface area (Å²) in [5, 5.41) is 0. The summed E-state index contributed by atoms with van der Waals surface area (Å²) >= 11 is 0. The fraction of sp³-hybridized carbons (Fsp3) is 0.647. The molecular weight excluding hydrogens is 284 g/mol. The van der Waals surface area contributed by atoms with Gasteiger partial charge in [0.2, 0.25) is 6.29 Å². The van der Waals surface area contributed by atoms with Crippen LogP contribution in [0.5, 0.6) is 0 Å². The van der Waals surface area contributed by atoms with Gasteiger partial charge in [0.05, 0.1) is 5.41 Å². The van der Waals surface area contributed by atoms with Crippen LogP contribution in [0, 0.1) is 16.7 Å². The molecule has 5 nitrogen and oxygen atoms in total. The smallest absolute Gasteiger partial charge is 0.333 e. The standard InChI is InChI=1S/C17H20O5/c1-16-5-4-6-17(2)13(16)11(21-15(17)19)7-9-10(16)8-12(18)22-14(9)20-3/h7-8,11,13-14H,4-6H2,1-3H3. The van der Waals surface area contributed by atoms with Gasteiger partial charge in [-0.25, -0.2) is 4.79 Å². The van der Waals surface area contributed by atoms with Crippen LogP contribution >= 0.6 is 0 Å². The molecule has 0 aromatic heterocycles. The van der Waals surface area contributed by atoms with E-state index in [9.17, 15) is 9.59 Å². The van der Waals surface area contributed by atoms with Gasteiger partial charge in [-0.1, -0.05) is 13.3 Å². The van der Waals surface area contributed by atoms with E-state index in [2.05, 4.69) is 6.92 Å². The first-order chi connectivity index (χ1) is 10.4. The van der Waals surface area contributed by atoms with Gasteiger partial charge in [-0.3, -0.25) is 4.79 Å². The summed E-state index contributed by atoms with van der Waals surface area (Å²) in [5.74, 6) is -0.429. The Bertz CT molecular complexity index is 633. The molecule has 0 aromatic carbocycles. The summed E-state index contributed by atoms with van der Waals surface area (Å²) < 4.78 is 16.2. The molecule has 2 fully saturated rings. The first-order valence-electron chi connectivity index (χ1n) is 7.79. The van der Waals surface area contributed by atoms with E-state index in [1.54, 1.807) is 6.08 Å². The predicted octanol–water partition coefficient (Wildman–Crippen LogP) is 2.12. The summed E-state index contributed by atoms with van der Waals surface area (Å²) in [5.41, 5.74) is 1.07. The van der Waals surface area contributed by atoms with Gasteiger partial charge in [-0.2, -0.15) is 0 Å². The summed E-state index contributed by atoms with van der Waals surface area (Å²) in [6.07, 6.45) is 5.26. The number of carbonyl (C=O) groups excluding carboxylic acids is 2. The lowest BCUT2D eigenvalue weighted by molar-refractivity contribution is -0.163. The molecule has 4 rings (SSSR count). The van der Waals surface area contributed by atoms with E-state index in [1.165, 1.54) is 7.11 Å². The molecule has 0 spiro atoms. The van der Waals surface area contributed by atoms with Crippen LogP contribution in [0.1, 0.15) is 33.1 Å². The minimum atomic E-state index is -0.710. The molecular formula is C17H20O5. The Balaban J connectivity index is 1.92. The number of methoxy groups -OCH3 is 1. The van der Waals surface area contributed by atoms with Crippen molar-refractivity contribution < 1.29 is 23.8 Å². The van der Waals surface area contributed by atoms with Crippen molar-refractivity contribution in [3.63, 3.8) is 0 Å². The zero-order valence-corrected chi connectivity index (χ0v) is 13.0. The molecule has 1 saturated carbocycles. The summed E-state index contributed by atoms with van der Waals surface area (Å²) in [4.78, 5) is 24.4. The predicted molar refractivity (Wildman–Crippen MR) is 76.5 cm³/mol. The van der Waals surface area contributed by atoms with Crippen LogP contribution in [0.25, 0.3) is 0 Å². The maximum absolute atomic E-state index is 12.4. The van der Waals surface area contributed by atoms with Crippen molar-refractivity contribution in [2.45, 2.75) is 45.5 Å². The minimum absolute atomic E-state index is 0.0691. The third-order valence-corrected chi connectivity index (χ3v) is 6.03. The molecule has 0 N–H and O–H groups in total. The normalized spacial score (nSPS) is 46.0. The Hall–Kier alpha value is -1.62. The van der Waals surface area contributed by atoms with Gasteiger partial charge in [-0.05, 0) is 31.4 Å². The zero-order chi connectivity index (χ0) is 15.7. The largest absolute Gasteiger partial charge is 0.457 e. The van der Waals surface area contributed by atoms with Gasteiger partial charge < -0.3 is 14.2 Å². The molecule has 2 aliphatic heterocycles. The van der Waals surface area contributed by atoms with Crippen LogP contribution in [-0.2, 0) is 23.8 Å². The van der Waals surface area contributed by atoms with Crippen molar-refractivity contribution >= 4 is 11.9 Å². The van der Waals surface area contributed by atoms with Crippen LogP contribution in [0.15, 0.2) is 23.3 Å². The van der Waals surface area contributed by atoms with E-state index in [4.69, 9.17) is 14.2 Å². The molecule has 0 amide bonds. The van der Waals surface area contributed by atoms with Gasteiger partial charge in [0.25, 0.3) is 0 Å². The third-order valence-electron chi connectivity index (χ3n) is 6.03. The average Bonchev–Trinajstić information content (AvgIpc) is 2.72. The number of fused-ring (bicyclic) bond motifs is 2. The number of carbonyl (C=O) groups is 2. The zero-order valence-electron chi connectivity index (χ0n) is 13.0. The Labute approximate surface area is 129 Å². The monoisotopic (exact) mass is 304 g/mol. The second kappa shape index (κ2) is 4.22. The first kappa shape index (κ1) is 14.0. The van der Waals surface area contributed by atoms with Crippen molar-refractivity contribution in [3.8, 4) is 0 Å². The van der Waals surface area contributed by atoms with Gasteiger partial charge in [0, 0.05) is 30.1 Å². The molecule has 5 atom stereocenters. The molecule has 2 heterocycles. The van der Waals surface area contributed by atoms with Crippen LogP contribution in [0.3, 0.4) is 0 Å². The quantitative estimate of drug-likeness (QED) is 0.694. The van der Waals surface area contributed by atoms with Crippen molar-refractivity contribution in [1.82, 2.24) is 0 Å². The Morgan fingerprint density at radius 3 is 2.64 bits per heavy atom. The number of hydrogen-bond acceptors (Lipinski definition) is 5. The van der Waals surface area contributed by atoms with Gasteiger partial charge in [0.1, 0.15) is 6.10 Å². The van der Waals surface area contributed by atoms with Gasteiger partial charge in [0.15, 0.2) is 0 Å². The minimum Gasteiger partial charge on any atom is -0.457 e. The summed E-state index contributed by atoms with van der Waals surface area (Å²) in [6.45, 7) is 4.15. The van der Waals surface area contributed by atoms with Crippen LogP contribution in [-0.4, -0.2) is 31.4 Å². The number of ether oxygens (including phenoxy) is 3. The second-order valence-corrected chi connectivity index (χ2v) is 7.22. The highest BCUT2D eigenvalue weighted by Crippen LogP contribution is 2.64. The van der Waals surface area contributed by atoms with Crippen LogP contribution in [0.2, 0.25) is 0 Å². The molecule has 0 aromatic rings. The lowest BCUT2D eigenvalue weighted by Gasteiger charge is -2.52. The van der Waals surface area contributed by atoms with Crippen LogP contribution < -0.4 is 0 Å². The average molecular weight is 304 g/mol. The SMILES string of the molecule is COC1OC(=O)C=C2C1=CC1OC(=O)C3(C)CCCC2(C)C13. The molecule has 2 aliphatic carbocycles. The van der Waals surface area contributed by atoms with Crippen molar-refractivity contribution in [2.24, 2.45) is 16.7 Å². The molecule has 4 aliphatic rings.